The number of aromatic nitrogens is 1. The molecule has 0 spiro atoms. The molecule has 112 valence electrons. The number of carbonyl (C=O) groups excluding carboxylic acids is 1. The first-order valence-electron chi connectivity index (χ1n) is 7.12. The molecule has 0 aliphatic carbocycles. The number of rotatable bonds is 4. The highest BCUT2D eigenvalue weighted by atomic mass is 32.1. The zero-order chi connectivity index (χ0) is 15.5. The van der Waals surface area contributed by atoms with Crippen molar-refractivity contribution in [2.75, 3.05) is 6.54 Å². The summed E-state index contributed by atoms with van der Waals surface area (Å²) in [6.07, 6.45) is 0. The summed E-state index contributed by atoms with van der Waals surface area (Å²) in [7, 11) is 0. The highest BCUT2D eigenvalue weighted by Gasteiger charge is 2.17. The van der Waals surface area contributed by atoms with Gasteiger partial charge in [0.15, 0.2) is 0 Å². The van der Waals surface area contributed by atoms with Crippen LogP contribution >= 0.6 is 11.3 Å². The summed E-state index contributed by atoms with van der Waals surface area (Å²) in [5.74, 6) is -0.154. The Kier molecular flexibility index (Phi) is 4.06. The van der Waals surface area contributed by atoms with E-state index in [1.165, 1.54) is 0 Å². The minimum absolute atomic E-state index is 0.154. The van der Waals surface area contributed by atoms with Crippen LogP contribution in [0.25, 0.3) is 10.8 Å². The second-order valence-electron chi connectivity index (χ2n) is 5.00. The molecule has 0 bridgehead atoms. The van der Waals surface area contributed by atoms with Crippen LogP contribution in [-0.2, 0) is 6.54 Å². The van der Waals surface area contributed by atoms with Gasteiger partial charge in [-0.25, -0.2) is 0 Å². The van der Waals surface area contributed by atoms with E-state index in [0.717, 1.165) is 10.3 Å². The van der Waals surface area contributed by atoms with Gasteiger partial charge in [-0.1, -0.05) is 24.3 Å². The maximum Gasteiger partial charge on any atom is 0.270 e. The number of benzene rings is 1. The van der Waals surface area contributed by atoms with Crippen LogP contribution in [0.1, 0.15) is 22.3 Å². The van der Waals surface area contributed by atoms with E-state index in [1.54, 1.807) is 28.4 Å². The van der Waals surface area contributed by atoms with Gasteiger partial charge < -0.3 is 9.88 Å². The van der Waals surface area contributed by atoms with Crippen LogP contribution in [0, 0.1) is 0 Å². The number of amides is 1. The second-order valence-corrected chi connectivity index (χ2v) is 6.03. The molecule has 0 saturated heterocycles. The smallest absolute Gasteiger partial charge is 0.270 e. The Bertz CT molecular complexity index is 852. The van der Waals surface area contributed by atoms with Crippen LogP contribution in [0.2, 0.25) is 0 Å². The van der Waals surface area contributed by atoms with Crippen molar-refractivity contribution in [1.29, 1.82) is 0 Å². The van der Waals surface area contributed by atoms with Gasteiger partial charge in [0.25, 0.3) is 11.5 Å². The fourth-order valence-electron chi connectivity index (χ4n) is 2.41. The summed E-state index contributed by atoms with van der Waals surface area (Å²) in [6.45, 7) is 3.08. The first kappa shape index (κ1) is 14.5. The van der Waals surface area contributed by atoms with Gasteiger partial charge in [0.1, 0.15) is 5.69 Å². The van der Waals surface area contributed by atoms with Crippen LogP contribution in [0.15, 0.2) is 52.6 Å². The Hall–Kier alpha value is -2.40. The Balaban J connectivity index is 1.95. The topological polar surface area (TPSA) is 53.2 Å². The lowest BCUT2D eigenvalue weighted by Gasteiger charge is -2.20. The fraction of sp³-hybridized carbons (Fsp3) is 0.176. The minimum Gasteiger partial charge on any atom is -0.333 e. The third kappa shape index (κ3) is 2.80. The summed E-state index contributed by atoms with van der Waals surface area (Å²) < 4.78 is 0. The summed E-state index contributed by atoms with van der Waals surface area (Å²) in [5, 5.41) is 3.37. The van der Waals surface area contributed by atoms with Gasteiger partial charge in [0.2, 0.25) is 0 Å². The number of aromatic amines is 1. The molecule has 0 radical (unpaired) electrons. The van der Waals surface area contributed by atoms with Crippen molar-refractivity contribution in [1.82, 2.24) is 9.88 Å². The number of nitrogens with zero attached hydrogens (tertiary/aromatic N) is 1. The van der Waals surface area contributed by atoms with Crippen molar-refractivity contribution in [3.05, 3.63) is 68.8 Å². The molecule has 0 fully saturated rings. The van der Waals surface area contributed by atoms with Gasteiger partial charge in [0.05, 0.1) is 6.54 Å². The molecule has 0 unspecified atom stereocenters. The van der Waals surface area contributed by atoms with E-state index in [4.69, 9.17) is 0 Å². The number of hydrogen-bond donors (Lipinski definition) is 1. The predicted molar refractivity (Wildman–Crippen MR) is 89.3 cm³/mol. The SMILES string of the molecule is CCN(Cc1cccs1)C(=O)c1cc2ccccc2c(=O)[nH]1. The molecule has 2 heterocycles. The van der Waals surface area contributed by atoms with E-state index in [1.807, 2.05) is 42.6 Å². The largest absolute Gasteiger partial charge is 0.333 e. The fourth-order valence-corrected chi connectivity index (χ4v) is 3.13. The molecule has 4 nitrogen and oxygen atoms in total. The molecule has 0 atom stereocenters. The zero-order valence-corrected chi connectivity index (χ0v) is 13.0. The number of pyridine rings is 1. The third-order valence-corrected chi connectivity index (χ3v) is 4.44. The number of thiophene rings is 1. The molecule has 1 aromatic carbocycles. The van der Waals surface area contributed by atoms with Gasteiger partial charge in [0, 0.05) is 16.8 Å². The van der Waals surface area contributed by atoms with Crippen LogP contribution in [0.3, 0.4) is 0 Å². The van der Waals surface area contributed by atoms with E-state index < -0.39 is 0 Å². The average Bonchev–Trinajstić information content (AvgIpc) is 3.05. The third-order valence-electron chi connectivity index (χ3n) is 3.58. The molecule has 3 rings (SSSR count). The van der Waals surface area contributed by atoms with Crippen LogP contribution < -0.4 is 5.56 Å². The number of carbonyl (C=O) groups is 1. The van der Waals surface area contributed by atoms with Gasteiger partial charge in [-0.2, -0.15) is 0 Å². The number of hydrogen-bond acceptors (Lipinski definition) is 3. The van der Waals surface area contributed by atoms with Gasteiger partial charge in [-0.15, -0.1) is 11.3 Å². The lowest BCUT2D eigenvalue weighted by atomic mass is 10.1. The zero-order valence-electron chi connectivity index (χ0n) is 12.2. The molecule has 5 heteroatoms. The summed E-state index contributed by atoms with van der Waals surface area (Å²) in [6, 6.07) is 13.0. The maximum absolute atomic E-state index is 12.7. The monoisotopic (exact) mass is 312 g/mol. The average molecular weight is 312 g/mol. The standard InChI is InChI=1S/C17H16N2O2S/c1-2-19(11-13-7-5-9-22-13)17(21)15-10-12-6-3-4-8-14(12)16(20)18-15/h3-10H,2,11H2,1H3,(H,18,20). The lowest BCUT2D eigenvalue weighted by Crippen LogP contribution is -2.31. The first-order valence-corrected chi connectivity index (χ1v) is 8.00. The van der Waals surface area contributed by atoms with Gasteiger partial charge in [-0.3, -0.25) is 9.59 Å². The van der Waals surface area contributed by atoms with E-state index in [9.17, 15) is 9.59 Å². The Morgan fingerprint density at radius 1 is 1.23 bits per heavy atom. The van der Waals surface area contributed by atoms with Crippen molar-refractivity contribution in [3.63, 3.8) is 0 Å². The van der Waals surface area contributed by atoms with E-state index in [-0.39, 0.29) is 11.5 Å². The summed E-state index contributed by atoms with van der Waals surface area (Å²) in [4.78, 5) is 30.3. The second kappa shape index (κ2) is 6.15. The molecule has 0 saturated carbocycles. The predicted octanol–water partition coefficient (Wildman–Crippen LogP) is 3.25. The molecule has 1 amide bonds. The maximum atomic E-state index is 12.7. The lowest BCUT2D eigenvalue weighted by molar-refractivity contribution is 0.0748. The van der Waals surface area contributed by atoms with Crippen LogP contribution in [0.5, 0.6) is 0 Å². The number of H-pyrrole nitrogens is 1. The van der Waals surface area contributed by atoms with Crippen molar-refractivity contribution in [2.45, 2.75) is 13.5 Å². The first-order chi connectivity index (χ1) is 10.7. The Morgan fingerprint density at radius 2 is 2.05 bits per heavy atom. The Morgan fingerprint density at radius 3 is 2.77 bits per heavy atom. The molecular weight excluding hydrogens is 296 g/mol. The molecule has 0 aliphatic rings. The molecule has 1 N–H and O–H groups in total. The number of fused-ring (bicyclic) bond motifs is 1. The summed E-state index contributed by atoms with van der Waals surface area (Å²) >= 11 is 1.62. The molecule has 22 heavy (non-hydrogen) atoms. The number of nitrogens with one attached hydrogen (secondary N) is 1. The van der Waals surface area contributed by atoms with Crippen LogP contribution in [0.4, 0.5) is 0 Å². The van der Waals surface area contributed by atoms with Crippen molar-refractivity contribution in [3.8, 4) is 0 Å². The van der Waals surface area contributed by atoms with E-state index >= 15 is 0 Å². The van der Waals surface area contributed by atoms with Crippen molar-refractivity contribution >= 4 is 28.0 Å². The normalized spacial score (nSPS) is 10.8. The van der Waals surface area contributed by atoms with Crippen LogP contribution in [-0.4, -0.2) is 22.3 Å². The van der Waals surface area contributed by atoms with Crippen molar-refractivity contribution in [2.24, 2.45) is 0 Å². The molecule has 0 aliphatic heterocycles. The molecular formula is C17H16N2O2S. The van der Waals surface area contributed by atoms with Gasteiger partial charge >= 0.3 is 0 Å². The highest BCUT2D eigenvalue weighted by Crippen LogP contribution is 2.15. The minimum atomic E-state index is -0.228. The molecule has 3 aromatic rings. The quantitative estimate of drug-likeness (QED) is 0.804. The van der Waals surface area contributed by atoms with Crippen molar-refractivity contribution < 1.29 is 4.79 Å². The molecule has 2 aromatic heterocycles. The highest BCUT2D eigenvalue weighted by molar-refractivity contribution is 7.09. The van der Waals surface area contributed by atoms with E-state index in [0.29, 0.717) is 24.2 Å². The summed E-state index contributed by atoms with van der Waals surface area (Å²) in [5.41, 5.74) is 0.107. The van der Waals surface area contributed by atoms with E-state index in [2.05, 4.69) is 4.98 Å². The van der Waals surface area contributed by atoms with Gasteiger partial charge in [-0.05, 0) is 35.9 Å². The Labute approximate surface area is 132 Å².